The molecule has 2 aromatic rings. The summed E-state index contributed by atoms with van der Waals surface area (Å²) in [5, 5.41) is 12.6. The number of carbonyl (C=O) groups excluding carboxylic acids is 2. The van der Waals surface area contributed by atoms with Gasteiger partial charge in [0.2, 0.25) is 11.8 Å². The van der Waals surface area contributed by atoms with Gasteiger partial charge in [-0.1, -0.05) is 39.8 Å². The van der Waals surface area contributed by atoms with Crippen LogP contribution in [-0.4, -0.2) is 28.1 Å². The summed E-state index contributed by atoms with van der Waals surface area (Å²) in [6.45, 7) is 7.79. The van der Waals surface area contributed by atoms with E-state index in [0.29, 0.717) is 12.1 Å². The molecule has 0 saturated carbocycles. The van der Waals surface area contributed by atoms with E-state index < -0.39 is 6.04 Å². The maximum atomic E-state index is 12.6. The fourth-order valence-corrected chi connectivity index (χ4v) is 2.54. The number of H-pyrrole nitrogens is 1. The molecule has 6 nitrogen and oxygen atoms in total. The summed E-state index contributed by atoms with van der Waals surface area (Å²) in [7, 11) is 0. The van der Waals surface area contributed by atoms with Crippen molar-refractivity contribution in [2.24, 2.45) is 11.8 Å². The molecule has 0 aliphatic carbocycles. The smallest absolute Gasteiger partial charge is 0.247 e. The number of rotatable bonds is 7. The number of carbonyl (C=O) groups is 2. The van der Waals surface area contributed by atoms with E-state index in [1.807, 2.05) is 58.0 Å². The third-order valence-corrected chi connectivity index (χ3v) is 3.80. The maximum Gasteiger partial charge on any atom is 0.247 e. The first-order chi connectivity index (χ1) is 11.9. The molecule has 134 valence electrons. The molecule has 1 aromatic heterocycles. The van der Waals surface area contributed by atoms with Gasteiger partial charge >= 0.3 is 0 Å². The van der Waals surface area contributed by atoms with Gasteiger partial charge in [0.1, 0.15) is 6.04 Å². The van der Waals surface area contributed by atoms with Gasteiger partial charge in [0.05, 0.1) is 5.69 Å². The first-order valence-corrected chi connectivity index (χ1v) is 8.57. The molecular formula is C19H26N4O2. The van der Waals surface area contributed by atoms with Crippen LogP contribution in [0.5, 0.6) is 0 Å². The second-order valence-electron chi connectivity index (χ2n) is 6.93. The van der Waals surface area contributed by atoms with E-state index in [4.69, 9.17) is 0 Å². The Labute approximate surface area is 148 Å². The lowest BCUT2D eigenvalue weighted by Gasteiger charge is -2.22. The van der Waals surface area contributed by atoms with Crippen molar-refractivity contribution < 1.29 is 9.59 Å². The molecule has 6 heteroatoms. The summed E-state index contributed by atoms with van der Waals surface area (Å²) in [4.78, 5) is 24.7. The molecule has 2 rings (SSSR count). The van der Waals surface area contributed by atoms with Gasteiger partial charge in [0.25, 0.3) is 0 Å². The predicted molar refractivity (Wildman–Crippen MR) is 98.9 cm³/mol. The van der Waals surface area contributed by atoms with E-state index in [-0.39, 0.29) is 23.7 Å². The zero-order valence-corrected chi connectivity index (χ0v) is 15.2. The Morgan fingerprint density at radius 1 is 1.16 bits per heavy atom. The highest BCUT2D eigenvalue weighted by Gasteiger charge is 2.24. The molecule has 1 aromatic carbocycles. The van der Waals surface area contributed by atoms with Gasteiger partial charge in [-0.05, 0) is 30.0 Å². The highest BCUT2D eigenvalue weighted by molar-refractivity contribution is 5.97. The minimum atomic E-state index is -0.568. The predicted octanol–water partition coefficient (Wildman–Crippen LogP) is 3.20. The quantitative estimate of drug-likeness (QED) is 0.722. The van der Waals surface area contributed by atoms with Gasteiger partial charge in [-0.25, -0.2) is 0 Å². The second kappa shape index (κ2) is 8.46. The largest absolute Gasteiger partial charge is 0.344 e. The maximum absolute atomic E-state index is 12.6. The Balaban J connectivity index is 2.08. The van der Waals surface area contributed by atoms with Gasteiger partial charge in [-0.2, -0.15) is 5.10 Å². The molecule has 0 bridgehead atoms. The van der Waals surface area contributed by atoms with Gasteiger partial charge in [-0.3, -0.25) is 14.7 Å². The van der Waals surface area contributed by atoms with Crippen LogP contribution in [0, 0.1) is 11.8 Å². The minimum absolute atomic E-state index is 0.00750. The van der Waals surface area contributed by atoms with E-state index in [2.05, 4.69) is 20.8 Å². The SMILES string of the molecule is CC(C)CC(=O)N[C@H](C(=O)Nc1cccc(-c2ccn[nH]2)c1)C(C)C. The Morgan fingerprint density at radius 2 is 1.92 bits per heavy atom. The van der Waals surface area contributed by atoms with E-state index >= 15 is 0 Å². The van der Waals surface area contributed by atoms with Crippen LogP contribution in [0.4, 0.5) is 5.69 Å². The van der Waals surface area contributed by atoms with Crippen molar-refractivity contribution in [2.75, 3.05) is 5.32 Å². The summed E-state index contributed by atoms with van der Waals surface area (Å²) in [6.07, 6.45) is 2.09. The number of hydrogen-bond donors (Lipinski definition) is 3. The lowest BCUT2D eigenvalue weighted by Crippen LogP contribution is -2.47. The van der Waals surface area contributed by atoms with Gasteiger partial charge in [0, 0.05) is 23.9 Å². The van der Waals surface area contributed by atoms with Crippen molar-refractivity contribution in [1.82, 2.24) is 15.5 Å². The lowest BCUT2D eigenvalue weighted by molar-refractivity contribution is -0.127. The van der Waals surface area contributed by atoms with Crippen molar-refractivity contribution in [3.8, 4) is 11.3 Å². The number of nitrogens with one attached hydrogen (secondary N) is 3. The van der Waals surface area contributed by atoms with Crippen molar-refractivity contribution in [2.45, 2.75) is 40.2 Å². The third-order valence-electron chi connectivity index (χ3n) is 3.80. The molecule has 0 unspecified atom stereocenters. The van der Waals surface area contributed by atoms with Crippen LogP contribution in [0.15, 0.2) is 36.5 Å². The highest BCUT2D eigenvalue weighted by Crippen LogP contribution is 2.20. The van der Waals surface area contributed by atoms with Gasteiger partial charge in [0.15, 0.2) is 0 Å². The average Bonchev–Trinajstić information content (AvgIpc) is 3.06. The van der Waals surface area contributed by atoms with Crippen molar-refractivity contribution >= 4 is 17.5 Å². The molecule has 0 fully saturated rings. The Hall–Kier alpha value is -2.63. The van der Waals surface area contributed by atoms with E-state index in [1.165, 1.54) is 0 Å². The normalized spacial score (nSPS) is 12.2. The van der Waals surface area contributed by atoms with Crippen LogP contribution >= 0.6 is 0 Å². The molecule has 0 spiro atoms. The Morgan fingerprint density at radius 3 is 2.52 bits per heavy atom. The number of hydrogen-bond acceptors (Lipinski definition) is 3. The van der Waals surface area contributed by atoms with Crippen LogP contribution in [0.1, 0.15) is 34.1 Å². The zero-order valence-electron chi connectivity index (χ0n) is 15.2. The van der Waals surface area contributed by atoms with Crippen molar-refractivity contribution in [1.29, 1.82) is 0 Å². The van der Waals surface area contributed by atoms with Crippen LogP contribution in [0.2, 0.25) is 0 Å². The molecule has 2 amide bonds. The molecule has 1 heterocycles. The Bertz CT molecular complexity index is 708. The second-order valence-corrected chi connectivity index (χ2v) is 6.93. The number of aromatic nitrogens is 2. The number of nitrogens with zero attached hydrogens (tertiary/aromatic N) is 1. The summed E-state index contributed by atoms with van der Waals surface area (Å²) in [6, 6.07) is 8.80. The number of amides is 2. The van der Waals surface area contributed by atoms with Crippen LogP contribution in [0.3, 0.4) is 0 Å². The molecule has 0 aliphatic heterocycles. The lowest BCUT2D eigenvalue weighted by atomic mass is 10.0. The molecule has 0 saturated heterocycles. The molecule has 1 atom stereocenters. The number of aromatic amines is 1. The highest BCUT2D eigenvalue weighted by atomic mass is 16.2. The molecule has 0 radical (unpaired) electrons. The summed E-state index contributed by atoms with van der Waals surface area (Å²) < 4.78 is 0. The van der Waals surface area contributed by atoms with Crippen LogP contribution in [0.25, 0.3) is 11.3 Å². The van der Waals surface area contributed by atoms with E-state index in [1.54, 1.807) is 6.20 Å². The van der Waals surface area contributed by atoms with Crippen molar-refractivity contribution in [3.05, 3.63) is 36.5 Å². The standard InChI is InChI=1S/C19H26N4O2/c1-12(2)10-17(24)22-18(13(3)4)19(25)21-15-7-5-6-14(11-15)16-8-9-20-23-16/h5-9,11-13,18H,10H2,1-4H3,(H,20,23)(H,21,25)(H,22,24)/t18-/m0/s1. The first kappa shape index (κ1) is 18.7. The summed E-state index contributed by atoms with van der Waals surface area (Å²) >= 11 is 0. The molecule has 25 heavy (non-hydrogen) atoms. The topological polar surface area (TPSA) is 86.9 Å². The van der Waals surface area contributed by atoms with Gasteiger partial charge in [-0.15, -0.1) is 0 Å². The first-order valence-electron chi connectivity index (χ1n) is 8.57. The minimum Gasteiger partial charge on any atom is -0.344 e. The van der Waals surface area contributed by atoms with E-state index in [0.717, 1.165) is 11.3 Å². The fraction of sp³-hybridized carbons (Fsp3) is 0.421. The Kier molecular flexibility index (Phi) is 6.33. The summed E-state index contributed by atoms with van der Waals surface area (Å²) in [5.74, 6) is -0.0715. The monoisotopic (exact) mass is 342 g/mol. The van der Waals surface area contributed by atoms with Crippen LogP contribution in [-0.2, 0) is 9.59 Å². The van der Waals surface area contributed by atoms with Gasteiger partial charge < -0.3 is 10.6 Å². The third kappa shape index (κ3) is 5.45. The van der Waals surface area contributed by atoms with Crippen molar-refractivity contribution in [3.63, 3.8) is 0 Å². The molecular weight excluding hydrogens is 316 g/mol. The summed E-state index contributed by atoms with van der Waals surface area (Å²) in [5.41, 5.74) is 2.49. The average molecular weight is 342 g/mol. The molecule has 0 aliphatic rings. The van der Waals surface area contributed by atoms with E-state index in [9.17, 15) is 9.59 Å². The fourth-order valence-electron chi connectivity index (χ4n) is 2.54. The zero-order chi connectivity index (χ0) is 18.4. The number of anilines is 1. The number of benzene rings is 1. The molecule has 3 N–H and O–H groups in total. The van der Waals surface area contributed by atoms with Crippen LogP contribution < -0.4 is 10.6 Å².